The molecule has 0 atom stereocenters. The van der Waals surface area contributed by atoms with E-state index in [0.29, 0.717) is 23.5 Å². The van der Waals surface area contributed by atoms with Crippen LogP contribution in [0.4, 0.5) is 0 Å². The lowest BCUT2D eigenvalue weighted by Crippen LogP contribution is -2.15. The molecule has 3 rings (SSSR count). The number of esters is 1. The minimum absolute atomic E-state index is 0.244. The second-order valence-electron chi connectivity index (χ2n) is 6.14. The van der Waals surface area contributed by atoms with E-state index >= 15 is 0 Å². The first kappa shape index (κ1) is 18.4. The van der Waals surface area contributed by atoms with Gasteiger partial charge in [-0.2, -0.15) is 0 Å². The predicted octanol–water partition coefficient (Wildman–Crippen LogP) is 4.61. The van der Waals surface area contributed by atoms with Crippen molar-refractivity contribution in [2.75, 3.05) is 6.61 Å². The first-order valence-corrected chi connectivity index (χ1v) is 8.66. The summed E-state index contributed by atoms with van der Waals surface area (Å²) in [6.07, 6.45) is 0. The molecule has 0 radical (unpaired) electrons. The maximum Gasteiger partial charge on any atom is 0.342 e. The first-order chi connectivity index (χ1) is 13.1. The van der Waals surface area contributed by atoms with Crippen LogP contribution >= 0.6 is 0 Å². The molecular formula is C23H20O4. The summed E-state index contributed by atoms with van der Waals surface area (Å²) in [4.78, 5) is 24.6. The molecule has 0 fully saturated rings. The quantitative estimate of drug-likeness (QED) is 0.456. The Hall–Kier alpha value is -3.40. The molecule has 0 amide bonds. The summed E-state index contributed by atoms with van der Waals surface area (Å²) in [7, 11) is 0. The number of aryl methyl sites for hydroxylation is 1. The number of hydrogen-bond donors (Lipinski definition) is 0. The van der Waals surface area contributed by atoms with E-state index in [1.165, 1.54) is 0 Å². The summed E-state index contributed by atoms with van der Waals surface area (Å²) >= 11 is 0. The van der Waals surface area contributed by atoms with Gasteiger partial charge in [-0.3, -0.25) is 4.79 Å². The van der Waals surface area contributed by atoms with Crippen molar-refractivity contribution in [3.05, 3.63) is 101 Å². The van der Waals surface area contributed by atoms with Crippen molar-refractivity contribution in [3.63, 3.8) is 0 Å². The molecule has 0 saturated carbocycles. The molecular weight excluding hydrogens is 340 g/mol. The third-order valence-electron chi connectivity index (χ3n) is 4.05. The largest absolute Gasteiger partial charge is 0.488 e. The molecule has 4 heteroatoms. The van der Waals surface area contributed by atoms with E-state index in [1.807, 2.05) is 49.4 Å². The minimum Gasteiger partial charge on any atom is -0.488 e. The fourth-order valence-corrected chi connectivity index (χ4v) is 2.53. The Morgan fingerprint density at radius 1 is 0.815 bits per heavy atom. The van der Waals surface area contributed by atoms with Gasteiger partial charge in [-0.1, -0.05) is 72.3 Å². The second kappa shape index (κ2) is 8.81. The van der Waals surface area contributed by atoms with Crippen LogP contribution in [0.2, 0.25) is 0 Å². The van der Waals surface area contributed by atoms with Crippen LogP contribution in [0, 0.1) is 6.92 Å². The molecule has 0 aromatic heterocycles. The van der Waals surface area contributed by atoms with Crippen LogP contribution in [0.5, 0.6) is 5.75 Å². The van der Waals surface area contributed by atoms with Gasteiger partial charge in [0.1, 0.15) is 17.9 Å². The van der Waals surface area contributed by atoms with E-state index in [4.69, 9.17) is 9.47 Å². The number of benzene rings is 3. The Bertz CT molecular complexity index is 915. The summed E-state index contributed by atoms with van der Waals surface area (Å²) in [5.41, 5.74) is 2.87. The number of carbonyl (C=O) groups excluding carboxylic acids is 2. The molecule has 4 nitrogen and oxygen atoms in total. The number of rotatable bonds is 7. The molecule has 0 aliphatic carbocycles. The average molecular weight is 360 g/mol. The molecule has 136 valence electrons. The van der Waals surface area contributed by atoms with Gasteiger partial charge in [0.15, 0.2) is 12.4 Å². The number of ketones is 1. The van der Waals surface area contributed by atoms with Crippen LogP contribution in [0.25, 0.3) is 0 Å². The molecule has 0 heterocycles. The number of Topliss-reactive ketones (excluding diaryl/α,β-unsaturated/α-hetero) is 1. The Morgan fingerprint density at radius 2 is 1.48 bits per heavy atom. The van der Waals surface area contributed by atoms with Gasteiger partial charge in [-0.05, 0) is 24.6 Å². The highest BCUT2D eigenvalue weighted by Gasteiger charge is 2.16. The number of ether oxygens (including phenoxy) is 2. The van der Waals surface area contributed by atoms with E-state index < -0.39 is 5.97 Å². The highest BCUT2D eigenvalue weighted by molar-refractivity contribution is 6.00. The average Bonchev–Trinajstić information content (AvgIpc) is 2.71. The van der Waals surface area contributed by atoms with Crippen molar-refractivity contribution in [1.82, 2.24) is 0 Å². The Balaban J connectivity index is 1.62. The van der Waals surface area contributed by atoms with E-state index in [-0.39, 0.29) is 12.4 Å². The smallest absolute Gasteiger partial charge is 0.342 e. The van der Waals surface area contributed by atoms with Gasteiger partial charge in [-0.15, -0.1) is 0 Å². The van der Waals surface area contributed by atoms with Crippen molar-refractivity contribution in [2.45, 2.75) is 13.5 Å². The molecule has 0 saturated heterocycles. The van der Waals surface area contributed by atoms with Crippen LogP contribution < -0.4 is 4.74 Å². The summed E-state index contributed by atoms with van der Waals surface area (Å²) in [6.45, 7) is 1.98. The SMILES string of the molecule is Cc1ccc(C(=O)COC(=O)c2ccccc2OCc2ccccc2)cc1. The monoisotopic (exact) mass is 360 g/mol. The normalized spacial score (nSPS) is 10.3. The molecule has 0 spiro atoms. The fourth-order valence-electron chi connectivity index (χ4n) is 2.53. The van der Waals surface area contributed by atoms with Crippen LogP contribution in [0.15, 0.2) is 78.9 Å². The predicted molar refractivity (Wildman–Crippen MR) is 103 cm³/mol. The van der Waals surface area contributed by atoms with E-state index in [1.54, 1.807) is 36.4 Å². The van der Waals surface area contributed by atoms with Gasteiger partial charge in [0, 0.05) is 5.56 Å². The molecule has 3 aromatic rings. The minimum atomic E-state index is -0.584. The zero-order valence-electron chi connectivity index (χ0n) is 15.1. The van der Waals surface area contributed by atoms with Crippen molar-refractivity contribution in [2.24, 2.45) is 0 Å². The van der Waals surface area contributed by atoms with Crippen LogP contribution in [-0.4, -0.2) is 18.4 Å². The van der Waals surface area contributed by atoms with E-state index in [0.717, 1.165) is 11.1 Å². The van der Waals surface area contributed by atoms with Crippen molar-refractivity contribution < 1.29 is 19.1 Å². The van der Waals surface area contributed by atoms with Crippen molar-refractivity contribution in [3.8, 4) is 5.75 Å². The maximum atomic E-state index is 12.4. The summed E-state index contributed by atoms with van der Waals surface area (Å²) in [5, 5.41) is 0. The van der Waals surface area contributed by atoms with Crippen molar-refractivity contribution in [1.29, 1.82) is 0 Å². The molecule has 0 bridgehead atoms. The molecule has 0 unspecified atom stereocenters. The molecule has 27 heavy (non-hydrogen) atoms. The zero-order chi connectivity index (χ0) is 19.1. The van der Waals surface area contributed by atoms with Crippen LogP contribution in [0.3, 0.4) is 0 Å². The molecule has 0 aliphatic rings. The fraction of sp³-hybridized carbons (Fsp3) is 0.130. The molecule has 3 aromatic carbocycles. The summed E-state index contributed by atoms with van der Waals surface area (Å²) < 4.78 is 11.0. The van der Waals surface area contributed by atoms with Gasteiger partial charge in [0.2, 0.25) is 0 Å². The second-order valence-corrected chi connectivity index (χ2v) is 6.14. The van der Waals surface area contributed by atoms with Crippen LogP contribution in [0.1, 0.15) is 31.8 Å². The third kappa shape index (κ3) is 5.05. The van der Waals surface area contributed by atoms with Gasteiger partial charge >= 0.3 is 5.97 Å². The van der Waals surface area contributed by atoms with Crippen molar-refractivity contribution >= 4 is 11.8 Å². The topological polar surface area (TPSA) is 52.6 Å². The third-order valence-corrected chi connectivity index (χ3v) is 4.05. The first-order valence-electron chi connectivity index (χ1n) is 8.66. The highest BCUT2D eigenvalue weighted by Crippen LogP contribution is 2.20. The van der Waals surface area contributed by atoms with Gasteiger partial charge in [-0.25, -0.2) is 4.79 Å². The molecule has 0 N–H and O–H groups in total. The van der Waals surface area contributed by atoms with Gasteiger partial charge in [0.25, 0.3) is 0 Å². The lowest BCUT2D eigenvalue weighted by atomic mass is 10.1. The standard InChI is InChI=1S/C23H20O4/c1-17-11-13-19(14-12-17)21(24)16-27-23(25)20-9-5-6-10-22(20)26-15-18-7-3-2-4-8-18/h2-14H,15-16H2,1H3. The van der Waals surface area contributed by atoms with E-state index in [2.05, 4.69) is 0 Å². The van der Waals surface area contributed by atoms with E-state index in [9.17, 15) is 9.59 Å². The lowest BCUT2D eigenvalue weighted by Gasteiger charge is -2.11. The van der Waals surface area contributed by atoms with Crippen LogP contribution in [-0.2, 0) is 11.3 Å². The maximum absolute atomic E-state index is 12.4. The summed E-state index contributed by atoms with van der Waals surface area (Å²) in [6, 6.07) is 23.7. The molecule has 0 aliphatic heterocycles. The Morgan fingerprint density at radius 3 is 2.22 bits per heavy atom. The number of hydrogen-bond acceptors (Lipinski definition) is 4. The number of carbonyl (C=O) groups is 2. The van der Waals surface area contributed by atoms with Gasteiger partial charge in [0.05, 0.1) is 0 Å². The van der Waals surface area contributed by atoms with Gasteiger partial charge < -0.3 is 9.47 Å². The zero-order valence-corrected chi connectivity index (χ0v) is 15.1. The lowest BCUT2D eigenvalue weighted by molar-refractivity contribution is 0.0470. The highest BCUT2D eigenvalue weighted by atomic mass is 16.5. The summed E-state index contributed by atoms with van der Waals surface area (Å²) in [5.74, 6) is -0.403. The Labute approximate surface area is 158 Å². The Kier molecular flexibility index (Phi) is 6.00. The number of para-hydroxylation sites is 1.